The van der Waals surface area contributed by atoms with Crippen LogP contribution < -0.4 is 4.74 Å². The summed E-state index contributed by atoms with van der Waals surface area (Å²) in [6.45, 7) is 5.30. The van der Waals surface area contributed by atoms with Gasteiger partial charge >= 0.3 is 0 Å². The highest BCUT2D eigenvalue weighted by molar-refractivity contribution is 5.73. The van der Waals surface area contributed by atoms with Crippen molar-refractivity contribution in [1.82, 2.24) is 19.8 Å². The molecule has 1 aromatic carbocycles. The van der Waals surface area contributed by atoms with Crippen LogP contribution in [0.4, 0.5) is 4.39 Å². The van der Waals surface area contributed by atoms with E-state index in [1.807, 2.05) is 11.1 Å². The maximum absolute atomic E-state index is 13.6. The van der Waals surface area contributed by atoms with Crippen molar-refractivity contribution in [2.45, 2.75) is 45.2 Å². The lowest BCUT2D eigenvalue weighted by Crippen LogP contribution is -2.35. The SMILES string of the molecule is CC(=O)N1CCc2nc([C@H]3CCCN3CCCOc3ccccc3F)ncc2C1. The van der Waals surface area contributed by atoms with Gasteiger partial charge in [0.05, 0.1) is 18.3 Å². The number of carbonyl (C=O) groups excluding carboxylic acids is 1. The summed E-state index contributed by atoms with van der Waals surface area (Å²) in [4.78, 5) is 25.3. The first-order valence-corrected chi connectivity index (χ1v) is 10.3. The van der Waals surface area contributed by atoms with E-state index < -0.39 is 0 Å². The van der Waals surface area contributed by atoms with Gasteiger partial charge in [0.25, 0.3) is 0 Å². The third-order valence-electron chi connectivity index (χ3n) is 5.74. The predicted molar refractivity (Wildman–Crippen MR) is 107 cm³/mol. The van der Waals surface area contributed by atoms with Crippen molar-refractivity contribution in [3.05, 3.63) is 53.4 Å². The second kappa shape index (κ2) is 8.86. The third-order valence-corrected chi connectivity index (χ3v) is 5.74. The van der Waals surface area contributed by atoms with E-state index in [1.54, 1.807) is 25.1 Å². The van der Waals surface area contributed by atoms with Crippen molar-refractivity contribution in [3.63, 3.8) is 0 Å². The monoisotopic (exact) mass is 398 g/mol. The van der Waals surface area contributed by atoms with Gasteiger partial charge in [0.15, 0.2) is 11.6 Å². The van der Waals surface area contributed by atoms with Gasteiger partial charge in [0.1, 0.15) is 5.82 Å². The summed E-state index contributed by atoms with van der Waals surface area (Å²) >= 11 is 0. The molecule has 0 N–H and O–H groups in total. The Hall–Kier alpha value is -2.54. The van der Waals surface area contributed by atoms with Crippen LogP contribution >= 0.6 is 0 Å². The van der Waals surface area contributed by atoms with Crippen molar-refractivity contribution in [1.29, 1.82) is 0 Å². The number of hydrogen-bond donors (Lipinski definition) is 0. The summed E-state index contributed by atoms with van der Waals surface area (Å²) in [6, 6.07) is 6.72. The zero-order valence-electron chi connectivity index (χ0n) is 16.8. The molecule has 154 valence electrons. The summed E-state index contributed by atoms with van der Waals surface area (Å²) in [6.07, 6.45) is 5.67. The minimum absolute atomic E-state index is 0.0966. The van der Waals surface area contributed by atoms with Gasteiger partial charge in [-0.15, -0.1) is 0 Å². The van der Waals surface area contributed by atoms with Crippen LogP contribution in [0, 0.1) is 5.82 Å². The summed E-state index contributed by atoms with van der Waals surface area (Å²) in [5, 5.41) is 0. The molecule has 3 heterocycles. The Kier molecular flexibility index (Phi) is 6.04. The molecule has 1 amide bonds. The zero-order chi connectivity index (χ0) is 20.2. The second-order valence-corrected chi connectivity index (χ2v) is 7.72. The fourth-order valence-corrected chi connectivity index (χ4v) is 4.16. The number of para-hydroxylation sites is 1. The molecule has 1 saturated heterocycles. The largest absolute Gasteiger partial charge is 0.490 e. The quantitative estimate of drug-likeness (QED) is 0.700. The molecule has 7 heteroatoms. The van der Waals surface area contributed by atoms with E-state index in [-0.39, 0.29) is 17.8 Å². The first-order valence-electron chi connectivity index (χ1n) is 10.3. The number of hydrogen-bond acceptors (Lipinski definition) is 5. The Morgan fingerprint density at radius 2 is 2.17 bits per heavy atom. The number of fused-ring (bicyclic) bond motifs is 1. The molecule has 0 saturated carbocycles. The number of nitrogens with zero attached hydrogens (tertiary/aromatic N) is 4. The number of ether oxygens (including phenoxy) is 1. The number of likely N-dealkylation sites (tertiary alicyclic amines) is 1. The Balaban J connectivity index is 1.34. The molecule has 0 radical (unpaired) electrons. The maximum atomic E-state index is 13.6. The number of aromatic nitrogens is 2. The van der Waals surface area contributed by atoms with E-state index in [4.69, 9.17) is 9.72 Å². The Bertz CT molecular complexity index is 876. The fraction of sp³-hybridized carbons (Fsp3) is 0.500. The van der Waals surface area contributed by atoms with Crippen LogP contribution in [0.2, 0.25) is 0 Å². The molecule has 1 aromatic heterocycles. The molecular weight excluding hydrogens is 371 g/mol. The molecule has 0 spiro atoms. The number of rotatable bonds is 6. The molecule has 0 unspecified atom stereocenters. The second-order valence-electron chi connectivity index (χ2n) is 7.72. The Morgan fingerprint density at radius 1 is 1.31 bits per heavy atom. The first-order chi connectivity index (χ1) is 14.1. The summed E-state index contributed by atoms with van der Waals surface area (Å²) < 4.78 is 19.2. The Morgan fingerprint density at radius 3 is 3.00 bits per heavy atom. The number of amides is 1. The van der Waals surface area contributed by atoms with Crippen molar-refractivity contribution in [3.8, 4) is 5.75 Å². The maximum Gasteiger partial charge on any atom is 0.219 e. The fourth-order valence-electron chi connectivity index (χ4n) is 4.16. The lowest BCUT2D eigenvalue weighted by atomic mass is 10.1. The molecular formula is C22H27FN4O2. The molecule has 29 heavy (non-hydrogen) atoms. The molecule has 6 nitrogen and oxygen atoms in total. The third kappa shape index (κ3) is 4.56. The molecule has 2 aliphatic heterocycles. The predicted octanol–water partition coefficient (Wildman–Crippen LogP) is 3.13. The van der Waals surface area contributed by atoms with Crippen LogP contribution in [-0.2, 0) is 17.8 Å². The number of carbonyl (C=O) groups is 1. The van der Waals surface area contributed by atoms with Crippen LogP contribution in [0.3, 0.4) is 0 Å². The van der Waals surface area contributed by atoms with E-state index in [0.29, 0.717) is 18.9 Å². The molecule has 1 fully saturated rings. The van der Waals surface area contributed by atoms with Gasteiger partial charge in [0.2, 0.25) is 5.91 Å². The van der Waals surface area contributed by atoms with Crippen LogP contribution in [0.1, 0.15) is 49.3 Å². The lowest BCUT2D eigenvalue weighted by Gasteiger charge is -2.28. The van der Waals surface area contributed by atoms with Gasteiger partial charge < -0.3 is 9.64 Å². The standard InChI is InChI=1S/C22H27FN4O2/c1-16(28)27-12-9-19-17(15-27)14-24-22(25-19)20-7-4-10-26(20)11-5-13-29-21-8-3-2-6-18(21)23/h2-3,6,8,14,20H,4-5,7,9-13,15H2,1H3/t20-/m1/s1. The van der Waals surface area contributed by atoms with Crippen LogP contribution in [0.5, 0.6) is 5.75 Å². The topological polar surface area (TPSA) is 58.6 Å². The van der Waals surface area contributed by atoms with E-state index in [2.05, 4.69) is 9.88 Å². The van der Waals surface area contributed by atoms with Gasteiger partial charge in [-0.1, -0.05) is 12.1 Å². The molecule has 0 aliphatic carbocycles. The molecule has 1 atom stereocenters. The van der Waals surface area contributed by atoms with Gasteiger partial charge in [-0.05, 0) is 37.9 Å². The van der Waals surface area contributed by atoms with Gasteiger partial charge in [-0.3, -0.25) is 9.69 Å². The highest BCUT2D eigenvalue weighted by Crippen LogP contribution is 2.31. The summed E-state index contributed by atoms with van der Waals surface area (Å²) in [5.41, 5.74) is 2.13. The van der Waals surface area contributed by atoms with Crippen LogP contribution in [0.15, 0.2) is 30.5 Å². The van der Waals surface area contributed by atoms with Crippen molar-refractivity contribution < 1.29 is 13.9 Å². The minimum Gasteiger partial charge on any atom is -0.490 e. The van der Waals surface area contributed by atoms with Crippen molar-refractivity contribution >= 4 is 5.91 Å². The molecule has 0 bridgehead atoms. The summed E-state index contributed by atoms with van der Waals surface area (Å²) in [7, 11) is 0. The van der Waals surface area contributed by atoms with Gasteiger partial charge in [-0.2, -0.15) is 0 Å². The number of halogens is 1. The van der Waals surface area contributed by atoms with E-state index in [0.717, 1.165) is 62.4 Å². The first kappa shape index (κ1) is 19.8. The van der Waals surface area contributed by atoms with Crippen molar-refractivity contribution in [2.24, 2.45) is 0 Å². The smallest absolute Gasteiger partial charge is 0.219 e. The van der Waals surface area contributed by atoms with E-state index >= 15 is 0 Å². The van der Waals surface area contributed by atoms with Gasteiger partial charge in [0, 0.05) is 44.7 Å². The molecule has 4 rings (SSSR count). The molecule has 2 aliphatic rings. The highest BCUT2D eigenvalue weighted by Gasteiger charge is 2.29. The van der Waals surface area contributed by atoms with Crippen LogP contribution in [-0.4, -0.2) is 51.9 Å². The lowest BCUT2D eigenvalue weighted by molar-refractivity contribution is -0.129. The average molecular weight is 398 g/mol. The summed E-state index contributed by atoms with van der Waals surface area (Å²) in [5.74, 6) is 0.965. The van der Waals surface area contributed by atoms with E-state index in [1.165, 1.54) is 6.07 Å². The van der Waals surface area contributed by atoms with Crippen LogP contribution in [0.25, 0.3) is 0 Å². The van der Waals surface area contributed by atoms with Gasteiger partial charge in [-0.25, -0.2) is 14.4 Å². The minimum atomic E-state index is -0.322. The zero-order valence-corrected chi connectivity index (χ0v) is 16.8. The van der Waals surface area contributed by atoms with Crippen molar-refractivity contribution in [2.75, 3.05) is 26.2 Å². The average Bonchev–Trinajstić information content (AvgIpc) is 3.20. The van der Waals surface area contributed by atoms with E-state index in [9.17, 15) is 9.18 Å². The molecule has 2 aromatic rings. The highest BCUT2D eigenvalue weighted by atomic mass is 19.1. The Labute approximate surface area is 170 Å². The number of benzene rings is 1. The normalized spacial score (nSPS) is 19.2.